The standard InChI is InChI=1S/C28H32F3N3O6.ClH/c1-37-13-12-34-16-22(20-4-3-5-24(26(20)34)40-28(29,30)31)27(36)33-10-8-19(9-11-33)21-14-18(15-32)6-7-23(21)39-17-25(35)38-2;/h3-7,14,16,19H,8-13,15,17,32H2,1-2H3;1H. The number of piperidine rings is 1. The number of methoxy groups -OCH3 is 2. The molecule has 0 spiro atoms. The highest BCUT2D eigenvalue weighted by Crippen LogP contribution is 2.37. The number of amides is 1. The van der Waals surface area contributed by atoms with Crippen molar-refractivity contribution in [2.45, 2.75) is 38.2 Å². The molecule has 41 heavy (non-hydrogen) atoms. The number of nitrogens with zero attached hydrogens (tertiary/aromatic N) is 2. The number of alkyl halides is 3. The van der Waals surface area contributed by atoms with Gasteiger partial charge in [0, 0.05) is 44.9 Å². The number of halogens is 4. The Bertz CT molecular complexity index is 1360. The van der Waals surface area contributed by atoms with Gasteiger partial charge in [0.25, 0.3) is 5.91 Å². The van der Waals surface area contributed by atoms with Crippen LogP contribution in [0.2, 0.25) is 0 Å². The zero-order chi connectivity index (χ0) is 28.9. The number of ether oxygens (including phenoxy) is 4. The van der Waals surface area contributed by atoms with Crippen molar-refractivity contribution in [3.05, 3.63) is 59.3 Å². The molecule has 3 aromatic rings. The van der Waals surface area contributed by atoms with E-state index in [1.807, 2.05) is 12.1 Å². The number of fused-ring (bicyclic) bond motifs is 1. The van der Waals surface area contributed by atoms with Gasteiger partial charge in [-0.3, -0.25) is 4.79 Å². The van der Waals surface area contributed by atoms with Crippen molar-refractivity contribution in [3.63, 3.8) is 0 Å². The Hall–Kier alpha value is -3.48. The molecule has 2 aromatic carbocycles. The summed E-state index contributed by atoms with van der Waals surface area (Å²) >= 11 is 0. The van der Waals surface area contributed by atoms with Crippen LogP contribution in [-0.4, -0.2) is 68.2 Å². The molecular formula is C28H33ClF3N3O6. The molecule has 1 fully saturated rings. The van der Waals surface area contributed by atoms with Crippen molar-refractivity contribution < 1.29 is 41.7 Å². The Morgan fingerprint density at radius 1 is 1.07 bits per heavy atom. The van der Waals surface area contributed by atoms with Gasteiger partial charge in [0.1, 0.15) is 5.75 Å². The first kappa shape index (κ1) is 32.0. The Morgan fingerprint density at radius 2 is 1.80 bits per heavy atom. The second kappa shape index (κ2) is 13.9. The van der Waals surface area contributed by atoms with E-state index < -0.39 is 12.3 Å². The number of hydrogen-bond acceptors (Lipinski definition) is 7. The van der Waals surface area contributed by atoms with Crippen molar-refractivity contribution in [1.82, 2.24) is 9.47 Å². The van der Waals surface area contributed by atoms with E-state index in [1.165, 1.54) is 26.4 Å². The number of para-hydroxylation sites is 1. The van der Waals surface area contributed by atoms with Gasteiger partial charge in [-0.15, -0.1) is 25.6 Å². The molecule has 0 radical (unpaired) electrons. The number of hydrogen-bond donors (Lipinski definition) is 1. The molecule has 9 nitrogen and oxygen atoms in total. The van der Waals surface area contributed by atoms with Crippen LogP contribution in [0.15, 0.2) is 42.6 Å². The molecule has 0 bridgehead atoms. The van der Waals surface area contributed by atoms with Crippen molar-refractivity contribution in [2.75, 3.05) is 40.5 Å². The topological polar surface area (TPSA) is 105 Å². The first-order valence-electron chi connectivity index (χ1n) is 12.8. The van der Waals surface area contributed by atoms with Gasteiger partial charge in [-0.05, 0) is 42.0 Å². The molecular weight excluding hydrogens is 567 g/mol. The molecule has 1 aliphatic rings. The fourth-order valence-corrected chi connectivity index (χ4v) is 5.00. The second-order valence-corrected chi connectivity index (χ2v) is 9.44. The lowest BCUT2D eigenvalue weighted by Gasteiger charge is -2.33. The van der Waals surface area contributed by atoms with Gasteiger partial charge < -0.3 is 34.1 Å². The third kappa shape index (κ3) is 7.63. The van der Waals surface area contributed by atoms with Crippen LogP contribution >= 0.6 is 12.4 Å². The van der Waals surface area contributed by atoms with Crippen LogP contribution in [0.25, 0.3) is 10.9 Å². The van der Waals surface area contributed by atoms with E-state index in [0.717, 1.165) is 11.1 Å². The highest BCUT2D eigenvalue weighted by atomic mass is 35.5. The average Bonchev–Trinajstić information content (AvgIpc) is 3.33. The van der Waals surface area contributed by atoms with Crippen LogP contribution in [0.5, 0.6) is 11.5 Å². The van der Waals surface area contributed by atoms with E-state index in [2.05, 4.69) is 9.47 Å². The lowest BCUT2D eigenvalue weighted by Crippen LogP contribution is -2.38. The smallest absolute Gasteiger partial charge is 0.482 e. The van der Waals surface area contributed by atoms with Crippen LogP contribution < -0.4 is 15.2 Å². The third-order valence-corrected chi connectivity index (χ3v) is 6.96. The van der Waals surface area contributed by atoms with Gasteiger partial charge in [0.15, 0.2) is 12.4 Å². The van der Waals surface area contributed by atoms with Crippen molar-refractivity contribution in [2.24, 2.45) is 5.73 Å². The summed E-state index contributed by atoms with van der Waals surface area (Å²) in [4.78, 5) is 27.0. The summed E-state index contributed by atoms with van der Waals surface area (Å²) in [6, 6.07) is 9.87. The average molecular weight is 600 g/mol. The fraction of sp³-hybridized carbons (Fsp3) is 0.429. The maximum absolute atomic E-state index is 13.6. The van der Waals surface area contributed by atoms with E-state index in [4.69, 9.17) is 15.2 Å². The molecule has 1 saturated heterocycles. The normalized spacial score (nSPS) is 14.0. The summed E-state index contributed by atoms with van der Waals surface area (Å²) in [6.07, 6.45) is -2.07. The molecule has 1 aliphatic heterocycles. The molecule has 0 atom stereocenters. The highest BCUT2D eigenvalue weighted by Gasteiger charge is 2.34. The van der Waals surface area contributed by atoms with Gasteiger partial charge in [-0.1, -0.05) is 24.3 Å². The predicted octanol–water partition coefficient (Wildman–Crippen LogP) is 4.64. The molecule has 4 rings (SSSR count). The number of aromatic nitrogens is 1. The maximum Gasteiger partial charge on any atom is 0.573 e. The minimum Gasteiger partial charge on any atom is -0.482 e. The van der Waals surface area contributed by atoms with Gasteiger partial charge in [-0.25, -0.2) is 4.79 Å². The summed E-state index contributed by atoms with van der Waals surface area (Å²) in [6.45, 7) is 1.45. The predicted molar refractivity (Wildman–Crippen MR) is 147 cm³/mol. The monoisotopic (exact) mass is 599 g/mol. The molecule has 13 heteroatoms. The lowest BCUT2D eigenvalue weighted by molar-refractivity contribution is -0.274. The number of benzene rings is 2. The molecule has 0 saturated carbocycles. The van der Waals surface area contributed by atoms with Gasteiger partial charge in [0.2, 0.25) is 0 Å². The quantitative estimate of drug-likeness (QED) is 0.339. The van der Waals surface area contributed by atoms with Crippen molar-refractivity contribution in [3.8, 4) is 11.5 Å². The Kier molecular flexibility index (Phi) is 10.9. The zero-order valence-corrected chi connectivity index (χ0v) is 23.6. The SMILES string of the molecule is COCCn1cc(C(=O)N2CCC(c3cc(CN)ccc3OCC(=O)OC)CC2)c2cccc(OC(F)(F)F)c21.Cl. The zero-order valence-electron chi connectivity index (χ0n) is 22.7. The van der Waals surface area contributed by atoms with Crippen LogP contribution in [0.4, 0.5) is 13.2 Å². The number of esters is 1. The first-order chi connectivity index (χ1) is 19.1. The fourth-order valence-electron chi connectivity index (χ4n) is 5.00. The molecule has 0 unspecified atom stereocenters. The number of likely N-dealkylation sites (tertiary alicyclic amines) is 1. The largest absolute Gasteiger partial charge is 0.573 e. The van der Waals surface area contributed by atoms with Gasteiger partial charge in [-0.2, -0.15) is 0 Å². The van der Waals surface area contributed by atoms with Crippen LogP contribution in [-0.2, 0) is 27.4 Å². The van der Waals surface area contributed by atoms with Crippen molar-refractivity contribution >= 4 is 35.2 Å². The number of rotatable bonds is 10. The Balaban J connectivity index is 0.00000462. The lowest BCUT2D eigenvalue weighted by atomic mass is 9.87. The van der Waals surface area contributed by atoms with Gasteiger partial charge >= 0.3 is 12.3 Å². The van der Waals surface area contributed by atoms with E-state index >= 15 is 0 Å². The number of nitrogens with two attached hydrogens (primary N) is 1. The minimum atomic E-state index is -4.88. The maximum atomic E-state index is 13.6. The Morgan fingerprint density at radius 3 is 2.44 bits per heavy atom. The van der Waals surface area contributed by atoms with Crippen LogP contribution in [0, 0.1) is 0 Å². The summed E-state index contributed by atoms with van der Waals surface area (Å²) < 4.78 is 60.6. The minimum absolute atomic E-state index is 0. The molecule has 1 aromatic heterocycles. The van der Waals surface area contributed by atoms with E-state index in [1.54, 1.807) is 27.8 Å². The van der Waals surface area contributed by atoms with E-state index in [-0.39, 0.29) is 55.3 Å². The second-order valence-electron chi connectivity index (χ2n) is 9.44. The molecule has 1 amide bonds. The van der Waals surface area contributed by atoms with Crippen LogP contribution in [0.3, 0.4) is 0 Å². The number of carbonyl (C=O) groups excluding carboxylic acids is 2. The molecule has 224 valence electrons. The van der Waals surface area contributed by atoms with Gasteiger partial charge in [0.05, 0.1) is 24.8 Å². The highest BCUT2D eigenvalue weighted by molar-refractivity contribution is 6.08. The summed E-state index contributed by atoms with van der Waals surface area (Å²) in [5, 5.41) is 0.374. The summed E-state index contributed by atoms with van der Waals surface area (Å²) in [5.41, 5.74) is 8.14. The summed E-state index contributed by atoms with van der Waals surface area (Å²) in [7, 11) is 2.78. The molecule has 2 N–H and O–H groups in total. The molecule has 2 heterocycles. The van der Waals surface area contributed by atoms with E-state index in [0.29, 0.717) is 49.2 Å². The van der Waals surface area contributed by atoms with Crippen molar-refractivity contribution in [1.29, 1.82) is 0 Å². The number of carbonyl (C=O) groups is 2. The Labute approximate surface area is 241 Å². The first-order valence-corrected chi connectivity index (χ1v) is 12.8. The third-order valence-electron chi connectivity index (χ3n) is 6.96. The molecule has 0 aliphatic carbocycles. The van der Waals surface area contributed by atoms with E-state index in [9.17, 15) is 22.8 Å². The van der Waals surface area contributed by atoms with Crippen LogP contribution in [0.1, 0.15) is 40.2 Å². The summed E-state index contributed by atoms with van der Waals surface area (Å²) in [5.74, 6) is -0.536.